The van der Waals surface area contributed by atoms with E-state index in [1.165, 1.54) is 66.1 Å². The predicted octanol–water partition coefficient (Wildman–Crippen LogP) is 16.2. The fourth-order valence-corrected chi connectivity index (χ4v) is 14.0. The van der Waals surface area contributed by atoms with Crippen LogP contribution in [0.5, 0.6) is 0 Å². The van der Waals surface area contributed by atoms with Crippen molar-refractivity contribution < 1.29 is 29.0 Å². The van der Waals surface area contributed by atoms with Gasteiger partial charge in [-0.1, -0.05) is 115 Å². The average molecular weight is 1250 g/mol. The molecule has 0 fully saturated rings. The first-order valence-corrected chi connectivity index (χ1v) is 33.5. The van der Waals surface area contributed by atoms with Crippen LogP contribution in [0.4, 0.5) is 0 Å². The summed E-state index contributed by atoms with van der Waals surface area (Å²) < 4.78 is 21.0. The second-order valence-corrected chi connectivity index (χ2v) is 25.1. The van der Waals surface area contributed by atoms with Crippen LogP contribution in [0, 0.1) is 20.8 Å². The SMILES string of the molecule is CCOC(=O)CCCSc1nc2ccccc2[nH]1.CCOC(=O)CCCSc1nc2ccccc2n1Cc1cn(C)c2cccc(C)c12.CCc1cn(C)c2cccc(C)c12.Cc1cccc2c1c(Cn1c(SCCCC(=O)O)nc3ccccc31)cn2C. The van der Waals surface area contributed by atoms with Gasteiger partial charge in [0.2, 0.25) is 0 Å². The number of H-pyrrole nitrogens is 1. The van der Waals surface area contributed by atoms with E-state index in [9.17, 15) is 14.4 Å². The van der Waals surface area contributed by atoms with Gasteiger partial charge in [0.25, 0.3) is 0 Å². The molecule has 0 amide bonds. The van der Waals surface area contributed by atoms with Gasteiger partial charge in [-0.3, -0.25) is 14.4 Å². The second-order valence-electron chi connectivity index (χ2n) is 21.9. The molecule has 18 heteroatoms. The summed E-state index contributed by atoms with van der Waals surface area (Å²) in [5.74, 6) is 1.43. The Balaban J connectivity index is 0.000000147. The Morgan fingerprint density at radius 2 is 0.865 bits per heavy atom. The van der Waals surface area contributed by atoms with Crippen LogP contribution in [0.3, 0.4) is 0 Å². The highest BCUT2D eigenvalue weighted by Gasteiger charge is 2.18. The highest BCUT2D eigenvalue weighted by molar-refractivity contribution is 7.99. The van der Waals surface area contributed by atoms with Crippen LogP contribution in [-0.2, 0) is 64.5 Å². The lowest BCUT2D eigenvalue weighted by molar-refractivity contribution is -0.144. The fraction of sp³-hybridized carbons (Fsp3) is 0.324. The minimum Gasteiger partial charge on any atom is -0.481 e. The number of hydrogen-bond donors (Lipinski definition) is 2. The van der Waals surface area contributed by atoms with Gasteiger partial charge in [0.05, 0.1) is 59.4 Å². The summed E-state index contributed by atoms with van der Waals surface area (Å²) >= 11 is 4.97. The minimum absolute atomic E-state index is 0.122. The number of carbonyl (C=O) groups excluding carboxylic acids is 2. The first-order chi connectivity index (χ1) is 43.1. The molecule has 6 aromatic heterocycles. The molecule has 12 rings (SSSR count). The molecule has 464 valence electrons. The molecule has 6 heterocycles. The molecule has 0 bridgehead atoms. The molecule has 12 aromatic rings. The van der Waals surface area contributed by atoms with Crippen LogP contribution < -0.4 is 0 Å². The summed E-state index contributed by atoms with van der Waals surface area (Å²) in [6, 6.07) is 43.7. The number of nitrogens with one attached hydrogen (secondary N) is 1. The number of rotatable bonds is 22. The van der Waals surface area contributed by atoms with Crippen LogP contribution >= 0.6 is 35.3 Å². The zero-order chi connectivity index (χ0) is 63.0. The maximum Gasteiger partial charge on any atom is 0.305 e. The lowest BCUT2D eigenvalue weighted by Gasteiger charge is -2.09. The van der Waals surface area contributed by atoms with Crippen molar-refractivity contribution in [3.05, 3.63) is 179 Å². The third-order valence-corrected chi connectivity index (χ3v) is 18.5. The molecule has 6 aromatic carbocycles. The summed E-state index contributed by atoms with van der Waals surface area (Å²) in [7, 11) is 6.29. The summed E-state index contributed by atoms with van der Waals surface area (Å²) in [6.45, 7) is 14.8. The van der Waals surface area contributed by atoms with Crippen molar-refractivity contribution in [1.29, 1.82) is 0 Å². The molecule has 0 spiro atoms. The highest BCUT2D eigenvalue weighted by atomic mass is 32.2. The van der Waals surface area contributed by atoms with Crippen molar-refractivity contribution in [3.63, 3.8) is 0 Å². The third kappa shape index (κ3) is 16.4. The molecule has 15 nitrogen and oxygen atoms in total. The Kier molecular flexibility index (Phi) is 23.0. The molecule has 0 radical (unpaired) electrons. The number of aromatic amines is 1. The van der Waals surface area contributed by atoms with Gasteiger partial charge >= 0.3 is 17.9 Å². The Morgan fingerprint density at radius 3 is 1.30 bits per heavy atom. The Hall–Kier alpha value is -8.19. The van der Waals surface area contributed by atoms with Gasteiger partial charge in [0.15, 0.2) is 15.5 Å². The predicted molar refractivity (Wildman–Crippen MR) is 367 cm³/mol. The van der Waals surface area contributed by atoms with Crippen molar-refractivity contribution >= 4 is 119 Å². The molecule has 0 aliphatic rings. The van der Waals surface area contributed by atoms with Gasteiger partial charge in [-0.05, 0) is 148 Å². The number of fused-ring (bicyclic) bond motifs is 6. The second kappa shape index (κ2) is 31.3. The standard InChI is InChI=1S/C24H27N3O2S.C22H23N3O2S.C13H16N2O2S.C12H15N/c1-4-29-22(28)13-8-14-30-24-25-19-10-5-6-11-20(19)27(24)16-18-15-26(3)21-12-7-9-17(2)23(18)21;1-15-7-5-10-19-21(15)16(13-24(19)2)14-25-18-9-4-3-8-17(18)23-22(25)28-12-6-11-20(26)27;1-2-17-12(16)8-5-9-18-13-14-10-6-3-4-7-11(10)15-13;1-4-10-8-13(3)11-7-5-6-9(2)12(10)11/h5-7,9-12,15H,4,8,13-14,16H2,1-3H3;3-5,7-10,13H,6,11-12,14H2,1-2H3,(H,26,27);3-4,6-7H,2,5,8-9H2,1H3,(H,14,15);5-8H,4H2,1-3H3. The average Bonchev–Trinajstić information content (AvgIpc) is 2.33. The number of esters is 2. The number of thioether (sulfide) groups is 3. The van der Waals surface area contributed by atoms with E-state index < -0.39 is 5.97 Å². The van der Waals surface area contributed by atoms with E-state index in [1.54, 1.807) is 35.3 Å². The molecule has 0 saturated carbocycles. The first-order valence-electron chi connectivity index (χ1n) is 30.5. The summed E-state index contributed by atoms with van der Waals surface area (Å²) in [5.41, 5.74) is 18.0. The molecule has 2 N–H and O–H groups in total. The summed E-state index contributed by atoms with van der Waals surface area (Å²) in [4.78, 5) is 50.9. The van der Waals surface area contributed by atoms with E-state index >= 15 is 0 Å². The molecule has 0 atom stereocenters. The maximum atomic E-state index is 11.6. The molecule has 0 saturated heterocycles. The Morgan fingerprint density at radius 1 is 0.472 bits per heavy atom. The number of carboxylic acids is 1. The van der Waals surface area contributed by atoms with Gasteiger partial charge in [0.1, 0.15) is 0 Å². The molecular formula is C71H81N9O6S3. The first kappa shape index (κ1) is 65.3. The number of benzene rings is 6. The van der Waals surface area contributed by atoms with E-state index in [2.05, 4.69) is 179 Å². The Bertz CT molecular complexity index is 4340. The van der Waals surface area contributed by atoms with Crippen molar-refractivity contribution in [1.82, 2.24) is 42.8 Å². The number of ether oxygens (including phenoxy) is 2. The summed E-state index contributed by atoms with van der Waals surface area (Å²) in [6.07, 6.45) is 11.1. The third-order valence-electron chi connectivity index (χ3n) is 15.4. The normalized spacial score (nSPS) is 11.2. The quantitative estimate of drug-likeness (QED) is 0.0375. The van der Waals surface area contributed by atoms with Crippen LogP contribution in [0.25, 0.3) is 65.8 Å². The monoisotopic (exact) mass is 1250 g/mol. The number of aryl methyl sites for hydroxylation is 7. The molecular weight excluding hydrogens is 1170 g/mol. The van der Waals surface area contributed by atoms with E-state index in [4.69, 9.17) is 24.5 Å². The Labute approximate surface area is 533 Å². The number of imidazole rings is 3. The van der Waals surface area contributed by atoms with Gasteiger partial charge in [-0.25, -0.2) is 15.0 Å². The lowest BCUT2D eigenvalue weighted by atomic mass is 10.1. The number of hydrogen-bond acceptors (Lipinski definition) is 11. The van der Waals surface area contributed by atoms with Crippen LogP contribution in [0.1, 0.15) is 92.7 Å². The zero-order valence-electron chi connectivity index (χ0n) is 52.5. The van der Waals surface area contributed by atoms with E-state index in [0.29, 0.717) is 32.5 Å². The van der Waals surface area contributed by atoms with Crippen LogP contribution in [-0.4, -0.2) is 96.3 Å². The number of carboxylic acid groups (broad SMARTS) is 1. The number of aliphatic carboxylic acids is 1. The smallest absolute Gasteiger partial charge is 0.305 e. The minimum atomic E-state index is -0.750. The topological polar surface area (TPSA) is 169 Å². The summed E-state index contributed by atoms with van der Waals surface area (Å²) in [5, 5.41) is 15.8. The van der Waals surface area contributed by atoms with E-state index in [0.717, 1.165) is 98.2 Å². The zero-order valence-corrected chi connectivity index (χ0v) is 55.0. The van der Waals surface area contributed by atoms with Gasteiger partial charge in [0, 0.05) is 109 Å². The number of carbonyl (C=O) groups is 3. The molecule has 89 heavy (non-hydrogen) atoms. The van der Waals surface area contributed by atoms with Crippen molar-refractivity contribution in [2.45, 2.75) is 115 Å². The number of nitrogens with zero attached hydrogens (tertiary/aromatic N) is 8. The van der Waals surface area contributed by atoms with Gasteiger partial charge < -0.3 is 42.4 Å². The van der Waals surface area contributed by atoms with E-state index in [1.807, 2.05) is 62.4 Å². The van der Waals surface area contributed by atoms with Crippen LogP contribution in [0.15, 0.2) is 161 Å². The van der Waals surface area contributed by atoms with Crippen molar-refractivity contribution in [2.24, 2.45) is 21.1 Å². The van der Waals surface area contributed by atoms with Gasteiger partial charge in [-0.15, -0.1) is 0 Å². The maximum absolute atomic E-state index is 11.6. The number of para-hydroxylation sites is 6. The molecule has 0 unspecified atom stereocenters. The van der Waals surface area contributed by atoms with Crippen molar-refractivity contribution in [2.75, 3.05) is 30.5 Å². The van der Waals surface area contributed by atoms with Gasteiger partial charge in [-0.2, -0.15) is 0 Å². The number of aromatic nitrogens is 9. The van der Waals surface area contributed by atoms with Crippen LogP contribution in [0.2, 0.25) is 0 Å². The lowest BCUT2D eigenvalue weighted by Crippen LogP contribution is -2.05. The molecule has 0 aliphatic heterocycles. The van der Waals surface area contributed by atoms with E-state index in [-0.39, 0.29) is 18.4 Å². The largest absolute Gasteiger partial charge is 0.481 e. The highest BCUT2D eigenvalue weighted by Crippen LogP contribution is 2.33. The fourth-order valence-electron chi connectivity index (χ4n) is 11.3. The van der Waals surface area contributed by atoms with Crippen molar-refractivity contribution in [3.8, 4) is 0 Å². The molecule has 0 aliphatic carbocycles.